The zero-order valence-electron chi connectivity index (χ0n) is 16.2. The summed E-state index contributed by atoms with van der Waals surface area (Å²) in [7, 11) is 3.10. The quantitative estimate of drug-likeness (QED) is 0.694. The molecule has 144 valence electrons. The smallest absolute Gasteiger partial charge is 0.246 e. The maximum Gasteiger partial charge on any atom is 0.246 e. The number of ether oxygens (including phenoxy) is 2. The second-order valence-electron chi connectivity index (χ2n) is 6.16. The molecule has 0 fully saturated rings. The Labute approximate surface area is 159 Å². The van der Waals surface area contributed by atoms with Gasteiger partial charge in [-0.2, -0.15) is 0 Å². The van der Waals surface area contributed by atoms with Crippen LogP contribution in [-0.2, 0) is 9.59 Å². The van der Waals surface area contributed by atoms with Gasteiger partial charge in [-0.1, -0.05) is 6.07 Å². The second kappa shape index (κ2) is 8.93. The number of hydrogen-bond acceptors (Lipinski definition) is 5. The van der Waals surface area contributed by atoms with Gasteiger partial charge >= 0.3 is 0 Å². The molecule has 0 aliphatic carbocycles. The Morgan fingerprint density at radius 2 is 1.56 bits per heavy atom. The van der Waals surface area contributed by atoms with Gasteiger partial charge in [-0.3, -0.25) is 9.59 Å². The van der Waals surface area contributed by atoms with Gasteiger partial charge in [0.25, 0.3) is 0 Å². The van der Waals surface area contributed by atoms with E-state index in [2.05, 4.69) is 16.0 Å². The molecule has 7 nitrogen and oxygen atoms in total. The Hall–Kier alpha value is -3.22. The Bertz CT molecular complexity index is 836. The van der Waals surface area contributed by atoms with E-state index in [0.717, 1.165) is 5.56 Å². The van der Waals surface area contributed by atoms with Gasteiger partial charge in [0.15, 0.2) is 0 Å². The maximum atomic E-state index is 12.6. The van der Waals surface area contributed by atoms with Crippen LogP contribution in [-0.4, -0.2) is 32.1 Å². The van der Waals surface area contributed by atoms with Crippen molar-refractivity contribution in [3.63, 3.8) is 0 Å². The topological polar surface area (TPSA) is 88.7 Å². The number of amides is 2. The van der Waals surface area contributed by atoms with E-state index in [0.29, 0.717) is 28.6 Å². The summed E-state index contributed by atoms with van der Waals surface area (Å²) >= 11 is 0. The summed E-state index contributed by atoms with van der Waals surface area (Å²) in [5.74, 6) is 0.748. The predicted octanol–water partition coefficient (Wildman–Crippen LogP) is 3.41. The first kappa shape index (κ1) is 20.1. The van der Waals surface area contributed by atoms with Crippen molar-refractivity contribution in [1.82, 2.24) is 0 Å². The van der Waals surface area contributed by atoms with E-state index in [1.807, 2.05) is 25.1 Å². The SMILES string of the molecule is COc1ccc(C)cc1NC(=O)C(C)Nc1cc(NC(C)=O)ccc1OC. The van der Waals surface area contributed by atoms with E-state index in [-0.39, 0.29) is 11.8 Å². The van der Waals surface area contributed by atoms with Gasteiger partial charge in [-0.15, -0.1) is 0 Å². The molecule has 0 aliphatic heterocycles. The molecule has 2 rings (SSSR count). The van der Waals surface area contributed by atoms with Crippen molar-refractivity contribution < 1.29 is 19.1 Å². The van der Waals surface area contributed by atoms with Crippen molar-refractivity contribution >= 4 is 28.9 Å². The number of aryl methyl sites for hydroxylation is 1. The molecule has 2 aromatic rings. The number of methoxy groups -OCH3 is 2. The van der Waals surface area contributed by atoms with Gasteiger partial charge in [0.1, 0.15) is 17.5 Å². The fraction of sp³-hybridized carbons (Fsp3) is 0.300. The Balaban J connectivity index is 2.16. The van der Waals surface area contributed by atoms with Crippen molar-refractivity contribution in [2.45, 2.75) is 26.8 Å². The molecule has 0 aliphatic rings. The molecular weight excluding hydrogens is 346 g/mol. The maximum absolute atomic E-state index is 12.6. The van der Waals surface area contributed by atoms with Gasteiger partial charge in [0.05, 0.1) is 25.6 Å². The first-order valence-corrected chi connectivity index (χ1v) is 8.51. The molecule has 0 radical (unpaired) electrons. The molecule has 3 N–H and O–H groups in total. The lowest BCUT2D eigenvalue weighted by molar-refractivity contribution is -0.116. The van der Waals surface area contributed by atoms with Crippen LogP contribution >= 0.6 is 0 Å². The summed E-state index contributed by atoms with van der Waals surface area (Å²) in [6.45, 7) is 5.11. The van der Waals surface area contributed by atoms with Crippen LogP contribution in [0.5, 0.6) is 11.5 Å². The van der Waals surface area contributed by atoms with E-state index in [4.69, 9.17) is 9.47 Å². The Morgan fingerprint density at radius 3 is 2.19 bits per heavy atom. The summed E-state index contributed by atoms with van der Waals surface area (Å²) in [4.78, 5) is 23.9. The van der Waals surface area contributed by atoms with Crippen molar-refractivity contribution in [3.8, 4) is 11.5 Å². The van der Waals surface area contributed by atoms with Crippen molar-refractivity contribution in [2.75, 3.05) is 30.2 Å². The lowest BCUT2D eigenvalue weighted by atomic mass is 10.2. The van der Waals surface area contributed by atoms with Crippen LogP contribution in [0.4, 0.5) is 17.1 Å². The fourth-order valence-corrected chi connectivity index (χ4v) is 2.56. The Morgan fingerprint density at radius 1 is 0.926 bits per heavy atom. The molecule has 0 bridgehead atoms. The molecule has 0 saturated carbocycles. The van der Waals surface area contributed by atoms with Gasteiger partial charge in [0.2, 0.25) is 11.8 Å². The average molecular weight is 371 g/mol. The van der Waals surface area contributed by atoms with Gasteiger partial charge < -0.3 is 25.4 Å². The van der Waals surface area contributed by atoms with E-state index < -0.39 is 6.04 Å². The second-order valence-corrected chi connectivity index (χ2v) is 6.16. The fourth-order valence-electron chi connectivity index (χ4n) is 2.56. The van der Waals surface area contributed by atoms with Crippen molar-refractivity contribution in [3.05, 3.63) is 42.0 Å². The first-order chi connectivity index (χ1) is 12.8. The molecule has 2 aromatic carbocycles. The summed E-state index contributed by atoms with van der Waals surface area (Å²) in [5, 5.41) is 8.70. The zero-order valence-corrected chi connectivity index (χ0v) is 16.2. The third-order valence-electron chi connectivity index (χ3n) is 3.90. The van der Waals surface area contributed by atoms with Crippen LogP contribution in [0.15, 0.2) is 36.4 Å². The highest BCUT2D eigenvalue weighted by molar-refractivity contribution is 5.98. The van der Waals surface area contributed by atoms with Crippen molar-refractivity contribution in [1.29, 1.82) is 0 Å². The number of carbonyl (C=O) groups is 2. The summed E-state index contributed by atoms with van der Waals surface area (Å²) < 4.78 is 10.6. The standard InChI is InChI=1S/C20H25N3O4/c1-12-6-8-18(26-4)16(10-12)23-20(25)13(2)21-17-11-15(22-14(3)24)7-9-19(17)27-5/h6-11,13,21H,1-5H3,(H,22,24)(H,23,25). The normalized spacial score (nSPS) is 11.3. The lowest BCUT2D eigenvalue weighted by Gasteiger charge is -2.19. The number of carbonyl (C=O) groups excluding carboxylic acids is 2. The minimum Gasteiger partial charge on any atom is -0.495 e. The van der Waals surface area contributed by atoms with Gasteiger partial charge in [-0.25, -0.2) is 0 Å². The van der Waals surface area contributed by atoms with Crippen LogP contribution in [0.2, 0.25) is 0 Å². The van der Waals surface area contributed by atoms with Gasteiger partial charge in [-0.05, 0) is 49.7 Å². The molecule has 0 aromatic heterocycles. The van der Waals surface area contributed by atoms with E-state index in [1.54, 1.807) is 39.3 Å². The summed E-state index contributed by atoms with van der Waals surface area (Å²) in [5.41, 5.74) is 2.83. The number of rotatable bonds is 7. The molecular formula is C20H25N3O4. The summed E-state index contributed by atoms with van der Waals surface area (Å²) in [6, 6.07) is 10.2. The first-order valence-electron chi connectivity index (χ1n) is 8.51. The van der Waals surface area contributed by atoms with Crippen molar-refractivity contribution in [2.24, 2.45) is 0 Å². The van der Waals surface area contributed by atoms with Crippen LogP contribution in [0.3, 0.4) is 0 Å². The van der Waals surface area contributed by atoms with Crippen LogP contribution < -0.4 is 25.4 Å². The van der Waals surface area contributed by atoms with Crippen LogP contribution in [0, 0.1) is 6.92 Å². The van der Waals surface area contributed by atoms with Gasteiger partial charge in [0, 0.05) is 12.6 Å². The molecule has 27 heavy (non-hydrogen) atoms. The summed E-state index contributed by atoms with van der Waals surface area (Å²) in [6.07, 6.45) is 0. The molecule has 1 atom stereocenters. The third kappa shape index (κ3) is 5.37. The van der Waals surface area contributed by atoms with Crippen LogP contribution in [0.1, 0.15) is 19.4 Å². The molecule has 0 saturated heterocycles. The number of hydrogen-bond donors (Lipinski definition) is 3. The molecule has 2 amide bonds. The highest BCUT2D eigenvalue weighted by Crippen LogP contribution is 2.29. The zero-order chi connectivity index (χ0) is 20.0. The van der Waals surface area contributed by atoms with E-state index >= 15 is 0 Å². The molecule has 1 unspecified atom stereocenters. The largest absolute Gasteiger partial charge is 0.495 e. The predicted molar refractivity (Wildman–Crippen MR) is 107 cm³/mol. The number of benzene rings is 2. The highest BCUT2D eigenvalue weighted by atomic mass is 16.5. The Kier molecular flexibility index (Phi) is 6.65. The molecule has 7 heteroatoms. The molecule has 0 spiro atoms. The number of anilines is 3. The minimum absolute atomic E-state index is 0.177. The third-order valence-corrected chi connectivity index (χ3v) is 3.90. The monoisotopic (exact) mass is 371 g/mol. The highest BCUT2D eigenvalue weighted by Gasteiger charge is 2.17. The average Bonchev–Trinajstić information content (AvgIpc) is 2.61. The lowest BCUT2D eigenvalue weighted by Crippen LogP contribution is -2.32. The minimum atomic E-state index is -0.559. The van der Waals surface area contributed by atoms with E-state index in [9.17, 15) is 9.59 Å². The van der Waals surface area contributed by atoms with Crippen LogP contribution in [0.25, 0.3) is 0 Å². The molecule has 0 heterocycles. The number of nitrogens with one attached hydrogen (secondary N) is 3. The van der Waals surface area contributed by atoms with E-state index in [1.165, 1.54) is 6.92 Å².